The average molecular weight is 385 g/mol. The summed E-state index contributed by atoms with van der Waals surface area (Å²) in [6.45, 7) is 1.92. The zero-order chi connectivity index (χ0) is 20.2. The van der Waals surface area contributed by atoms with Crippen molar-refractivity contribution >= 4 is 28.9 Å². The molecule has 0 saturated heterocycles. The Bertz CT molecular complexity index is 1160. The van der Waals surface area contributed by atoms with Crippen LogP contribution in [0.15, 0.2) is 71.3 Å². The lowest BCUT2D eigenvalue weighted by Gasteiger charge is -2.09. The van der Waals surface area contributed by atoms with Crippen molar-refractivity contribution < 1.29 is 13.9 Å². The summed E-state index contributed by atoms with van der Waals surface area (Å²) < 4.78 is 10.9. The van der Waals surface area contributed by atoms with Crippen LogP contribution in [0.1, 0.15) is 11.1 Å². The smallest absolute Gasteiger partial charge is 0.248 e. The Morgan fingerprint density at radius 3 is 2.69 bits per heavy atom. The maximum Gasteiger partial charge on any atom is 0.248 e. The summed E-state index contributed by atoms with van der Waals surface area (Å²) >= 11 is 0. The summed E-state index contributed by atoms with van der Waals surface area (Å²) in [5, 5.41) is 2.91. The number of nitrogens with zero attached hydrogens (tertiary/aromatic N) is 2. The van der Waals surface area contributed by atoms with Crippen LogP contribution >= 0.6 is 0 Å². The van der Waals surface area contributed by atoms with Crippen LogP contribution in [0.4, 0.5) is 5.69 Å². The first-order valence-electron chi connectivity index (χ1n) is 9.09. The molecule has 1 N–H and O–H groups in total. The highest BCUT2D eigenvalue weighted by Crippen LogP contribution is 2.30. The van der Waals surface area contributed by atoms with Crippen LogP contribution in [0.5, 0.6) is 5.75 Å². The van der Waals surface area contributed by atoms with Crippen LogP contribution in [0.2, 0.25) is 0 Å². The van der Waals surface area contributed by atoms with Gasteiger partial charge in [-0.05, 0) is 60.5 Å². The zero-order valence-electron chi connectivity index (χ0n) is 16.0. The number of anilines is 1. The molecule has 4 aromatic rings. The highest BCUT2D eigenvalue weighted by molar-refractivity contribution is 6.02. The second kappa shape index (κ2) is 7.98. The number of benzene rings is 2. The third kappa shape index (κ3) is 4.01. The summed E-state index contributed by atoms with van der Waals surface area (Å²) in [5.41, 5.74) is 4.45. The Kier molecular flexibility index (Phi) is 5.07. The molecule has 4 rings (SSSR count). The molecule has 0 bridgehead atoms. The Morgan fingerprint density at radius 1 is 1.10 bits per heavy atom. The van der Waals surface area contributed by atoms with Gasteiger partial charge in [0.1, 0.15) is 5.75 Å². The van der Waals surface area contributed by atoms with Gasteiger partial charge in [0.15, 0.2) is 11.2 Å². The van der Waals surface area contributed by atoms with E-state index in [2.05, 4.69) is 15.3 Å². The maximum atomic E-state index is 12.4. The fourth-order valence-corrected chi connectivity index (χ4v) is 2.95. The number of aromatic nitrogens is 2. The minimum Gasteiger partial charge on any atom is -0.497 e. The minimum atomic E-state index is -0.222. The van der Waals surface area contributed by atoms with E-state index >= 15 is 0 Å². The van der Waals surface area contributed by atoms with E-state index in [9.17, 15) is 4.79 Å². The molecule has 0 aliphatic heterocycles. The predicted molar refractivity (Wildman–Crippen MR) is 113 cm³/mol. The SMILES string of the molecule is COc1ccc(/C=C/C(=O)Nc2cccc(-c3nc4ncccc4o3)c2C)cc1. The number of methoxy groups -OCH3 is 1. The summed E-state index contributed by atoms with van der Waals surface area (Å²) in [6.07, 6.45) is 4.92. The number of ether oxygens (including phenoxy) is 1. The van der Waals surface area contributed by atoms with Crippen molar-refractivity contribution in [2.24, 2.45) is 0 Å². The lowest BCUT2D eigenvalue weighted by atomic mass is 10.1. The second-order valence-electron chi connectivity index (χ2n) is 6.42. The third-order valence-corrected chi connectivity index (χ3v) is 4.53. The van der Waals surface area contributed by atoms with Gasteiger partial charge in [-0.2, -0.15) is 4.98 Å². The number of hydrogen-bond acceptors (Lipinski definition) is 5. The van der Waals surface area contributed by atoms with Gasteiger partial charge >= 0.3 is 0 Å². The number of amides is 1. The minimum absolute atomic E-state index is 0.222. The number of fused-ring (bicyclic) bond motifs is 1. The largest absolute Gasteiger partial charge is 0.497 e. The summed E-state index contributed by atoms with van der Waals surface area (Å²) in [6, 6.07) is 16.7. The van der Waals surface area contributed by atoms with Gasteiger partial charge < -0.3 is 14.5 Å². The molecular formula is C23H19N3O3. The first kappa shape index (κ1) is 18.4. The lowest BCUT2D eigenvalue weighted by molar-refractivity contribution is -0.111. The van der Waals surface area contributed by atoms with Crippen LogP contribution < -0.4 is 10.1 Å². The van der Waals surface area contributed by atoms with E-state index in [0.717, 1.165) is 22.4 Å². The van der Waals surface area contributed by atoms with Crippen molar-refractivity contribution in [3.05, 3.63) is 78.0 Å². The van der Waals surface area contributed by atoms with Gasteiger partial charge in [-0.1, -0.05) is 18.2 Å². The predicted octanol–water partition coefficient (Wildman–Crippen LogP) is 4.86. The van der Waals surface area contributed by atoms with E-state index in [1.54, 1.807) is 25.4 Å². The number of rotatable bonds is 5. The number of hydrogen-bond donors (Lipinski definition) is 1. The van der Waals surface area contributed by atoms with Crippen LogP contribution in [-0.2, 0) is 4.79 Å². The van der Waals surface area contributed by atoms with Gasteiger partial charge in [-0.3, -0.25) is 4.79 Å². The van der Waals surface area contributed by atoms with Crippen molar-refractivity contribution in [1.82, 2.24) is 9.97 Å². The molecule has 1 amide bonds. The zero-order valence-corrected chi connectivity index (χ0v) is 16.0. The number of nitrogens with one attached hydrogen (secondary N) is 1. The molecule has 0 unspecified atom stereocenters. The van der Waals surface area contributed by atoms with Crippen LogP contribution in [0.25, 0.3) is 28.8 Å². The van der Waals surface area contributed by atoms with Crippen molar-refractivity contribution in [2.45, 2.75) is 6.92 Å². The Hall–Kier alpha value is -3.93. The number of carbonyl (C=O) groups is 1. The Labute approximate surface area is 167 Å². The average Bonchev–Trinajstić information content (AvgIpc) is 3.18. The maximum absolute atomic E-state index is 12.4. The molecular weight excluding hydrogens is 366 g/mol. The van der Waals surface area contributed by atoms with E-state index in [-0.39, 0.29) is 5.91 Å². The van der Waals surface area contributed by atoms with E-state index in [0.29, 0.717) is 22.8 Å². The fourth-order valence-electron chi connectivity index (χ4n) is 2.95. The summed E-state index contributed by atoms with van der Waals surface area (Å²) in [7, 11) is 1.62. The number of oxazole rings is 1. The standard InChI is InChI=1S/C23H19N3O3/c1-15-18(23-26-22-20(29-23)7-4-14-24-22)5-3-6-19(15)25-21(27)13-10-16-8-11-17(28-2)12-9-16/h3-14H,1-2H3,(H,25,27)/b13-10+. The molecule has 144 valence electrons. The normalized spacial score (nSPS) is 11.1. The molecule has 2 heterocycles. The van der Waals surface area contributed by atoms with Crippen molar-refractivity contribution in [1.29, 1.82) is 0 Å². The van der Waals surface area contributed by atoms with Crippen LogP contribution in [-0.4, -0.2) is 23.0 Å². The monoisotopic (exact) mass is 385 g/mol. The molecule has 0 atom stereocenters. The molecule has 0 spiro atoms. The first-order valence-corrected chi connectivity index (χ1v) is 9.09. The topological polar surface area (TPSA) is 77.2 Å². The molecule has 6 heteroatoms. The quantitative estimate of drug-likeness (QED) is 0.497. The van der Waals surface area contributed by atoms with Gasteiger partial charge in [0.25, 0.3) is 0 Å². The molecule has 0 aliphatic rings. The molecule has 29 heavy (non-hydrogen) atoms. The Balaban J connectivity index is 1.53. The summed E-state index contributed by atoms with van der Waals surface area (Å²) in [4.78, 5) is 21.0. The second-order valence-corrected chi connectivity index (χ2v) is 6.42. The van der Waals surface area contributed by atoms with E-state index in [1.807, 2.05) is 55.5 Å². The number of carbonyl (C=O) groups excluding carboxylic acids is 1. The molecule has 0 saturated carbocycles. The van der Waals surface area contributed by atoms with Crippen LogP contribution in [0, 0.1) is 6.92 Å². The Morgan fingerprint density at radius 2 is 1.93 bits per heavy atom. The molecule has 0 radical (unpaired) electrons. The van der Waals surface area contributed by atoms with Gasteiger partial charge in [0, 0.05) is 23.5 Å². The summed E-state index contributed by atoms with van der Waals surface area (Å²) in [5.74, 6) is 1.02. The number of pyridine rings is 1. The van der Waals surface area contributed by atoms with Crippen molar-refractivity contribution in [3.8, 4) is 17.2 Å². The fraction of sp³-hybridized carbons (Fsp3) is 0.0870. The first-order chi connectivity index (χ1) is 14.1. The molecule has 2 aromatic carbocycles. The third-order valence-electron chi connectivity index (χ3n) is 4.53. The van der Waals surface area contributed by atoms with Gasteiger partial charge in [-0.25, -0.2) is 4.98 Å². The van der Waals surface area contributed by atoms with Crippen LogP contribution in [0.3, 0.4) is 0 Å². The molecule has 6 nitrogen and oxygen atoms in total. The van der Waals surface area contributed by atoms with E-state index in [4.69, 9.17) is 9.15 Å². The van der Waals surface area contributed by atoms with Gasteiger partial charge in [0.2, 0.25) is 11.8 Å². The highest BCUT2D eigenvalue weighted by Gasteiger charge is 2.13. The molecule has 2 aromatic heterocycles. The van der Waals surface area contributed by atoms with Gasteiger partial charge in [-0.15, -0.1) is 0 Å². The van der Waals surface area contributed by atoms with E-state index in [1.165, 1.54) is 6.08 Å². The highest BCUT2D eigenvalue weighted by atomic mass is 16.5. The molecule has 0 aliphatic carbocycles. The van der Waals surface area contributed by atoms with E-state index < -0.39 is 0 Å². The van der Waals surface area contributed by atoms with Crippen molar-refractivity contribution in [3.63, 3.8) is 0 Å². The van der Waals surface area contributed by atoms with Crippen molar-refractivity contribution in [2.75, 3.05) is 12.4 Å². The molecule has 0 fully saturated rings. The lowest BCUT2D eigenvalue weighted by Crippen LogP contribution is -2.09. The van der Waals surface area contributed by atoms with Gasteiger partial charge in [0.05, 0.1) is 7.11 Å².